The summed E-state index contributed by atoms with van der Waals surface area (Å²) in [5.41, 5.74) is 2.52. The summed E-state index contributed by atoms with van der Waals surface area (Å²) < 4.78 is 15.1. The zero-order valence-electron chi connectivity index (χ0n) is 12.6. The molecule has 2 heterocycles. The lowest BCUT2D eigenvalue weighted by Crippen LogP contribution is -2.02. The first-order valence-electron chi connectivity index (χ1n) is 6.92. The zero-order chi connectivity index (χ0) is 16.6. The van der Waals surface area contributed by atoms with Crippen molar-refractivity contribution in [1.82, 2.24) is 14.8 Å². The number of aromatic carboxylic acids is 1. The van der Waals surface area contributed by atoms with Crippen molar-refractivity contribution in [2.45, 2.75) is 20.4 Å². The molecule has 0 amide bonds. The van der Waals surface area contributed by atoms with Gasteiger partial charge >= 0.3 is 5.97 Å². The predicted molar refractivity (Wildman–Crippen MR) is 85.3 cm³/mol. The molecule has 0 aliphatic rings. The SMILES string of the molecule is Cc1cc(F)cc(-c2nc(Cn3cc(C(=O)O)cn3)c(C)s2)c1. The molecule has 1 N–H and O–H groups in total. The third-order valence-electron chi connectivity index (χ3n) is 3.37. The van der Waals surface area contributed by atoms with Gasteiger partial charge in [-0.15, -0.1) is 11.3 Å². The molecule has 3 rings (SSSR count). The van der Waals surface area contributed by atoms with Crippen molar-refractivity contribution in [2.75, 3.05) is 0 Å². The Morgan fingerprint density at radius 1 is 1.35 bits per heavy atom. The maximum absolute atomic E-state index is 13.6. The van der Waals surface area contributed by atoms with E-state index < -0.39 is 5.97 Å². The second-order valence-corrected chi connectivity index (χ2v) is 6.47. The Bertz CT molecular complexity index is 865. The first kappa shape index (κ1) is 15.4. The standard InChI is InChI=1S/C16H14FN3O2S/c1-9-3-11(5-13(17)4-9)15-19-14(10(2)23-15)8-20-7-12(6-18-20)16(21)22/h3-7H,8H2,1-2H3,(H,21,22). The molecular formula is C16H14FN3O2S. The molecule has 0 spiro atoms. The van der Waals surface area contributed by atoms with E-state index in [0.717, 1.165) is 26.7 Å². The van der Waals surface area contributed by atoms with Crippen LogP contribution in [0.3, 0.4) is 0 Å². The summed E-state index contributed by atoms with van der Waals surface area (Å²) in [7, 11) is 0. The quantitative estimate of drug-likeness (QED) is 0.794. The number of rotatable bonds is 4. The molecule has 0 bridgehead atoms. The fraction of sp³-hybridized carbons (Fsp3) is 0.188. The number of nitrogens with zero attached hydrogens (tertiary/aromatic N) is 3. The van der Waals surface area contributed by atoms with Crippen molar-refractivity contribution in [3.8, 4) is 10.6 Å². The van der Waals surface area contributed by atoms with Gasteiger partial charge in [0.15, 0.2) is 0 Å². The number of benzene rings is 1. The second-order valence-electron chi connectivity index (χ2n) is 5.27. The average Bonchev–Trinajstić information content (AvgIpc) is 3.06. The molecule has 0 saturated heterocycles. The van der Waals surface area contributed by atoms with Gasteiger partial charge in [0.25, 0.3) is 0 Å². The highest BCUT2D eigenvalue weighted by atomic mass is 32.1. The minimum absolute atomic E-state index is 0.138. The molecule has 0 saturated carbocycles. The Hall–Kier alpha value is -2.54. The molecule has 23 heavy (non-hydrogen) atoms. The van der Waals surface area contributed by atoms with Gasteiger partial charge in [0.05, 0.1) is 24.0 Å². The van der Waals surface area contributed by atoms with Crippen LogP contribution in [0.5, 0.6) is 0 Å². The van der Waals surface area contributed by atoms with E-state index in [9.17, 15) is 9.18 Å². The van der Waals surface area contributed by atoms with Gasteiger partial charge in [0, 0.05) is 16.6 Å². The van der Waals surface area contributed by atoms with Crippen molar-refractivity contribution in [3.05, 3.63) is 58.1 Å². The molecule has 0 radical (unpaired) electrons. The van der Waals surface area contributed by atoms with Crippen molar-refractivity contribution >= 4 is 17.3 Å². The topological polar surface area (TPSA) is 68.0 Å². The van der Waals surface area contributed by atoms with Crippen LogP contribution in [0.4, 0.5) is 4.39 Å². The minimum Gasteiger partial charge on any atom is -0.478 e. The Balaban J connectivity index is 1.89. The number of hydrogen-bond donors (Lipinski definition) is 1. The van der Waals surface area contributed by atoms with Gasteiger partial charge in [-0.3, -0.25) is 4.68 Å². The molecule has 0 aliphatic carbocycles. The van der Waals surface area contributed by atoms with Crippen LogP contribution in [0.25, 0.3) is 10.6 Å². The summed E-state index contributed by atoms with van der Waals surface area (Å²) in [5.74, 6) is -1.30. The molecular weight excluding hydrogens is 317 g/mol. The smallest absolute Gasteiger partial charge is 0.338 e. The van der Waals surface area contributed by atoms with Gasteiger partial charge in [-0.1, -0.05) is 0 Å². The van der Waals surface area contributed by atoms with Crippen molar-refractivity contribution in [3.63, 3.8) is 0 Å². The number of halogens is 1. The van der Waals surface area contributed by atoms with Crippen LogP contribution in [-0.2, 0) is 6.54 Å². The second kappa shape index (κ2) is 5.92. The third-order valence-corrected chi connectivity index (χ3v) is 4.44. The lowest BCUT2D eigenvalue weighted by Gasteiger charge is -2.00. The summed E-state index contributed by atoms with van der Waals surface area (Å²) in [6.45, 7) is 4.15. The minimum atomic E-state index is -1.01. The molecule has 1 aromatic carbocycles. The monoisotopic (exact) mass is 331 g/mol. The number of carbonyl (C=O) groups is 1. The molecule has 3 aromatic rings. The fourth-order valence-corrected chi connectivity index (χ4v) is 3.18. The summed E-state index contributed by atoms with van der Waals surface area (Å²) in [6.07, 6.45) is 2.77. The van der Waals surface area contributed by atoms with E-state index >= 15 is 0 Å². The van der Waals surface area contributed by atoms with Gasteiger partial charge in [-0.05, 0) is 37.6 Å². The molecule has 0 fully saturated rings. The fourth-order valence-electron chi connectivity index (χ4n) is 2.27. The van der Waals surface area contributed by atoms with E-state index in [4.69, 9.17) is 5.11 Å². The van der Waals surface area contributed by atoms with E-state index in [1.807, 2.05) is 19.9 Å². The number of thiazole rings is 1. The highest BCUT2D eigenvalue weighted by molar-refractivity contribution is 7.15. The number of carboxylic acid groups (broad SMARTS) is 1. The largest absolute Gasteiger partial charge is 0.478 e. The van der Waals surface area contributed by atoms with Crippen molar-refractivity contribution in [2.24, 2.45) is 0 Å². The van der Waals surface area contributed by atoms with Gasteiger partial charge in [-0.2, -0.15) is 5.10 Å². The highest BCUT2D eigenvalue weighted by Crippen LogP contribution is 2.29. The van der Waals surface area contributed by atoms with Crippen LogP contribution in [0.2, 0.25) is 0 Å². The summed E-state index contributed by atoms with van der Waals surface area (Å²) >= 11 is 1.48. The van der Waals surface area contributed by atoms with Crippen molar-refractivity contribution < 1.29 is 14.3 Å². The van der Waals surface area contributed by atoms with Crippen LogP contribution in [0.1, 0.15) is 26.5 Å². The predicted octanol–water partition coefficient (Wildman–Crippen LogP) is 3.51. The Morgan fingerprint density at radius 2 is 2.13 bits per heavy atom. The lowest BCUT2D eigenvalue weighted by molar-refractivity contribution is 0.0697. The van der Waals surface area contributed by atoms with Crippen molar-refractivity contribution in [1.29, 1.82) is 0 Å². The zero-order valence-corrected chi connectivity index (χ0v) is 13.4. The van der Waals surface area contributed by atoms with Gasteiger partial charge in [0.1, 0.15) is 10.8 Å². The lowest BCUT2D eigenvalue weighted by atomic mass is 10.1. The maximum Gasteiger partial charge on any atom is 0.338 e. The molecule has 5 nitrogen and oxygen atoms in total. The first-order chi connectivity index (χ1) is 10.9. The third kappa shape index (κ3) is 3.29. The van der Waals surface area contributed by atoms with E-state index in [2.05, 4.69) is 10.1 Å². The number of hydrogen-bond acceptors (Lipinski definition) is 4. The number of aromatic nitrogens is 3. The Morgan fingerprint density at radius 3 is 2.78 bits per heavy atom. The summed E-state index contributed by atoms with van der Waals surface area (Å²) in [6, 6.07) is 4.83. The summed E-state index contributed by atoms with van der Waals surface area (Å²) in [5, 5.41) is 13.7. The number of carboxylic acids is 1. The molecule has 0 unspecified atom stereocenters. The normalized spacial score (nSPS) is 10.9. The molecule has 0 atom stereocenters. The Labute approximate surface area is 136 Å². The van der Waals surface area contributed by atoms with E-state index in [1.165, 1.54) is 40.5 Å². The average molecular weight is 331 g/mol. The summed E-state index contributed by atoms with van der Waals surface area (Å²) in [4.78, 5) is 16.4. The molecule has 7 heteroatoms. The van der Waals surface area contributed by atoms with Gasteiger partial charge in [0.2, 0.25) is 0 Å². The van der Waals surface area contributed by atoms with Crippen LogP contribution in [0, 0.1) is 19.7 Å². The van der Waals surface area contributed by atoms with E-state index in [-0.39, 0.29) is 11.4 Å². The maximum atomic E-state index is 13.6. The van der Waals surface area contributed by atoms with Crippen LogP contribution >= 0.6 is 11.3 Å². The van der Waals surface area contributed by atoms with E-state index in [0.29, 0.717) is 6.54 Å². The van der Waals surface area contributed by atoms with Crippen LogP contribution < -0.4 is 0 Å². The van der Waals surface area contributed by atoms with Crippen LogP contribution in [0.15, 0.2) is 30.6 Å². The molecule has 2 aromatic heterocycles. The molecule has 0 aliphatic heterocycles. The highest BCUT2D eigenvalue weighted by Gasteiger charge is 2.13. The first-order valence-corrected chi connectivity index (χ1v) is 7.73. The Kier molecular flexibility index (Phi) is 3.96. The number of aryl methyl sites for hydroxylation is 2. The van der Waals surface area contributed by atoms with Crippen LogP contribution in [-0.4, -0.2) is 25.8 Å². The molecule has 118 valence electrons. The van der Waals surface area contributed by atoms with Gasteiger partial charge < -0.3 is 5.11 Å². The van der Waals surface area contributed by atoms with Gasteiger partial charge in [-0.25, -0.2) is 14.2 Å². The van der Waals surface area contributed by atoms with E-state index in [1.54, 1.807) is 0 Å².